The van der Waals surface area contributed by atoms with Crippen molar-refractivity contribution >= 4 is 5.91 Å². The monoisotopic (exact) mass is 393 g/mol. The molecule has 1 aliphatic carbocycles. The molecule has 154 valence electrons. The SMILES string of the molecule is Cc1ncncc1C(=O)N(Cc1cccnc1)CC1CCN(C2CCCC2)CC1. The van der Waals surface area contributed by atoms with Crippen molar-refractivity contribution in [2.45, 2.75) is 58.0 Å². The van der Waals surface area contributed by atoms with Gasteiger partial charge in [-0.05, 0) is 63.2 Å². The van der Waals surface area contributed by atoms with Gasteiger partial charge in [-0.1, -0.05) is 18.9 Å². The van der Waals surface area contributed by atoms with Gasteiger partial charge < -0.3 is 9.80 Å². The van der Waals surface area contributed by atoms with Crippen LogP contribution in [0, 0.1) is 12.8 Å². The second-order valence-corrected chi connectivity index (χ2v) is 8.49. The highest BCUT2D eigenvalue weighted by Gasteiger charge is 2.29. The largest absolute Gasteiger partial charge is 0.334 e. The van der Waals surface area contributed by atoms with Gasteiger partial charge in [-0.25, -0.2) is 9.97 Å². The lowest BCUT2D eigenvalue weighted by Gasteiger charge is -2.38. The minimum Gasteiger partial charge on any atom is -0.334 e. The molecule has 6 nitrogen and oxygen atoms in total. The van der Waals surface area contributed by atoms with Crippen LogP contribution in [-0.4, -0.2) is 56.3 Å². The molecular formula is C23H31N5O. The van der Waals surface area contributed by atoms with Crippen molar-refractivity contribution < 1.29 is 4.79 Å². The van der Waals surface area contributed by atoms with Crippen LogP contribution in [-0.2, 0) is 6.54 Å². The third kappa shape index (κ3) is 4.99. The number of piperidine rings is 1. The lowest BCUT2D eigenvalue weighted by Crippen LogP contribution is -2.43. The molecule has 6 heteroatoms. The van der Waals surface area contributed by atoms with E-state index in [1.54, 1.807) is 12.4 Å². The van der Waals surface area contributed by atoms with E-state index < -0.39 is 0 Å². The molecule has 2 fully saturated rings. The third-order valence-corrected chi connectivity index (χ3v) is 6.49. The van der Waals surface area contributed by atoms with Gasteiger partial charge in [0.15, 0.2) is 0 Å². The fraction of sp³-hybridized carbons (Fsp3) is 0.565. The molecule has 0 spiro atoms. The Morgan fingerprint density at radius 1 is 1.14 bits per heavy atom. The van der Waals surface area contributed by atoms with Gasteiger partial charge in [0.05, 0.1) is 11.3 Å². The average molecular weight is 394 g/mol. The Kier molecular flexibility index (Phi) is 6.49. The first-order valence-electron chi connectivity index (χ1n) is 10.9. The Hall–Kier alpha value is -2.34. The molecule has 1 saturated heterocycles. The third-order valence-electron chi connectivity index (χ3n) is 6.49. The van der Waals surface area contributed by atoms with Crippen molar-refractivity contribution in [1.82, 2.24) is 24.8 Å². The number of aryl methyl sites for hydroxylation is 1. The number of aromatic nitrogens is 3. The summed E-state index contributed by atoms with van der Waals surface area (Å²) in [4.78, 5) is 30.5. The Morgan fingerprint density at radius 2 is 1.93 bits per heavy atom. The van der Waals surface area contributed by atoms with E-state index in [4.69, 9.17) is 0 Å². The maximum atomic E-state index is 13.3. The molecule has 0 unspecified atom stereocenters. The topological polar surface area (TPSA) is 62.2 Å². The summed E-state index contributed by atoms with van der Waals surface area (Å²) in [5, 5.41) is 0. The first kappa shape index (κ1) is 20.0. The van der Waals surface area contributed by atoms with Crippen LogP contribution < -0.4 is 0 Å². The van der Waals surface area contributed by atoms with Crippen LogP contribution in [0.25, 0.3) is 0 Å². The molecule has 0 N–H and O–H groups in total. The van der Waals surface area contributed by atoms with Crippen LogP contribution in [0.2, 0.25) is 0 Å². The molecule has 0 bridgehead atoms. The van der Waals surface area contributed by atoms with Crippen molar-refractivity contribution in [3.8, 4) is 0 Å². The Bertz CT molecular complexity index is 798. The summed E-state index contributed by atoms with van der Waals surface area (Å²) < 4.78 is 0. The van der Waals surface area contributed by atoms with E-state index in [9.17, 15) is 4.79 Å². The Morgan fingerprint density at radius 3 is 2.62 bits per heavy atom. The van der Waals surface area contributed by atoms with Crippen LogP contribution in [0.15, 0.2) is 37.1 Å². The van der Waals surface area contributed by atoms with E-state index in [2.05, 4.69) is 19.9 Å². The summed E-state index contributed by atoms with van der Waals surface area (Å²) in [5.74, 6) is 0.559. The van der Waals surface area contributed by atoms with Crippen LogP contribution in [0.3, 0.4) is 0 Å². The number of pyridine rings is 1. The normalized spacial score (nSPS) is 18.8. The number of rotatable bonds is 6. The van der Waals surface area contributed by atoms with Crippen LogP contribution in [0.4, 0.5) is 0 Å². The van der Waals surface area contributed by atoms with Gasteiger partial charge in [0.25, 0.3) is 5.91 Å². The smallest absolute Gasteiger partial charge is 0.257 e. The lowest BCUT2D eigenvalue weighted by atomic mass is 9.94. The van der Waals surface area contributed by atoms with E-state index in [1.807, 2.05) is 30.2 Å². The summed E-state index contributed by atoms with van der Waals surface area (Å²) in [5.41, 5.74) is 2.38. The number of carbonyl (C=O) groups excluding carboxylic acids is 1. The number of likely N-dealkylation sites (tertiary alicyclic amines) is 1. The van der Waals surface area contributed by atoms with Gasteiger partial charge >= 0.3 is 0 Å². The van der Waals surface area contributed by atoms with E-state index in [0.717, 1.165) is 49.8 Å². The highest BCUT2D eigenvalue weighted by Crippen LogP contribution is 2.28. The maximum absolute atomic E-state index is 13.3. The van der Waals surface area contributed by atoms with Crippen molar-refractivity contribution in [1.29, 1.82) is 0 Å². The number of nitrogens with zero attached hydrogens (tertiary/aromatic N) is 5. The van der Waals surface area contributed by atoms with E-state index in [-0.39, 0.29) is 5.91 Å². The predicted molar refractivity (Wildman–Crippen MR) is 112 cm³/mol. The molecule has 3 heterocycles. The van der Waals surface area contributed by atoms with Gasteiger partial charge in [0.1, 0.15) is 6.33 Å². The quantitative estimate of drug-likeness (QED) is 0.752. The maximum Gasteiger partial charge on any atom is 0.257 e. The summed E-state index contributed by atoms with van der Waals surface area (Å²) in [6, 6.07) is 4.76. The highest BCUT2D eigenvalue weighted by atomic mass is 16.2. The van der Waals surface area contributed by atoms with Crippen molar-refractivity contribution in [3.63, 3.8) is 0 Å². The van der Waals surface area contributed by atoms with E-state index >= 15 is 0 Å². The minimum absolute atomic E-state index is 0.0187. The van der Waals surface area contributed by atoms with E-state index in [0.29, 0.717) is 18.0 Å². The zero-order valence-corrected chi connectivity index (χ0v) is 17.3. The van der Waals surface area contributed by atoms with Crippen molar-refractivity contribution in [3.05, 3.63) is 53.9 Å². The Labute approximate surface area is 173 Å². The van der Waals surface area contributed by atoms with Crippen LogP contribution in [0.1, 0.15) is 60.1 Å². The number of carbonyl (C=O) groups is 1. The van der Waals surface area contributed by atoms with Gasteiger partial charge in [-0.2, -0.15) is 0 Å². The molecule has 2 aromatic rings. The van der Waals surface area contributed by atoms with Crippen LogP contribution in [0.5, 0.6) is 0 Å². The summed E-state index contributed by atoms with van der Waals surface area (Å²) in [7, 11) is 0. The number of amides is 1. The van der Waals surface area contributed by atoms with Crippen molar-refractivity contribution in [2.75, 3.05) is 19.6 Å². The van der Waals surface area contributed by atoms with Gasteiger partial charge in [-0.3, -0.25) is 9.78 Å². The fourth-order valence-electron chi connectivity index (χ4n) is 4.78. The molecule has 2 aliphatic rings. The zero-order chi connectivity index (χ0) is 20.1. The Balaban J connectivity index is 1.44. The van der Waals surface area contributed by atoms with E-state index in [1.165, 1.54) is 32.0 Å². The average Bonchev–Trinajstić information content (AvgIpc) is 3.29. The standard InChI is InChI=1S/C23H31N5O/c1-18-22(14-25-17-26-18)23(29)28(16-20-5-4-10-24-13-20)15-19-8-11-27(12-9-19)21-6-2-3-7-21/h4-5,10,13-14,17,19,21H,2-3,6-9,11-12,15-16H2,1H3. The molecule has 1 saturated carbocycles. The minimum atomic E-state index is 0.0187. The molecule has 0 aromatic carbocycles. The summed E-state index contributed by atoms with van der Waals surface area (Å²) in [6.07, 6.45) is 14.6. The zero-order valence-electron chi connectivity index (χ0n) is 17.3. The molecule has 0 radical (unpaired) electrons. The molecule has 4 rings (SSSR count). The second kappa shape index (κ2) is 9.44. The first-order chi connectivity index (χ1) is 14.2. The molecule has 29 heavy (non-hydrogen) atoms. The highest BCUT2D eigenvalue weighted by molar-refractivity contribution is 5.94. The second-order valence-electron chi connectivity index (χ2n) is 8.49. The fourth-order valence-corrected chi connectivity index (χ4v) is 4.78. The summed E-state index contributed by atoms with van der Waals surface area (Å²) >= 11 is 0. The van der Waals surface area contributed by atoms with Gasteiger partial charge in [-0.15, -0.1) is 0 Å². The van der Waals surface area contributed by atoms with Crippen LogP contribution >= 0.6 is 0 Å². The van der Waals surface area contributed by atoms with Gasteiger partial charge in [0, 0.05) is 37.7 Å². The lowest BCUT2D eigenvalue weighted by molar-refractivity contribution is 0.0648. The van der Waals surface area contributed by atoms with Crippen molar-refractivity contribution in [2.24, 2.45) is 5.92 Å². The molecule has 2 aromatic heterocycles. The first-order valence-corrected chi connectivity index (χ1v) is 10.9. The number of hydrogen-bond donors (Lipinski definition) is 0. The number of hydrogen-bond acceptors (Lipinski definition) is 5. The van der Waals surface area contributed by atoms with Gasteiger partial charge in [0.2, 0.25) is 0 Å². The predicted octanol–water partition coefficient (Wildman–Crippen LogP) is 3.48. The molecule has 1 amide bonds. The molecule has 0 atom stereocenters. The molecular weight excluding hydrogens is 362 g/mol. The summed E-state index contributed by atoms with van der Waals surface area (Å²) in [6.45, 7) is 5.55. The molecule has 1 aliphatic heterocycles.